The second-order valence-corrected chi connectivity index (χ2v) is 4.62. The fraction of sp³-hybridized carbons (Fsp3) is 0.364. The number of thioether (sulfide) groups is 1. The molecule has 0 aliphatic carbocycles. The number of nitrogens with one attached hydrogen (secondary N) is 1. The maximum absolute atomic E-state index is 11.6. The lowest BCUT2D eigenvalue weighted by molar-refractivity contribution is -0.115. The van der Waals surface area contributed by atoms with E-state index in [0.29, 0.717) is 5.69 Å². The molecular formula is C11H16N2OS. The molecule has 0 spiro atoms. The number of amides is 1. The number of nitrogen functional groups attached to an aromatic ring is 1. The van der Waals surface area contributed by atoms with E-state index >= 15 is 0 Å². The van der Waals surface area contributed by atoms with Crippen LogP contribution in [0.25, 0.3) is 0 Å². The zero-order valence-corrected chi connectivity index (χ0v) is 10.0. The van der Waals surface area contributed by atoms with Gasteiger partial charge in [0.05, 0.1) is 5.25 Å². The van der Waals surface area contributed by atoms with Crippen molar-refractivity contribution in [2.24, 2.45) is 0 Å². The first-order valence-corrected chi connectivity index (χ1v) is 6.03. The summed E-state index contributed by atoms with van der Waals surface area (Å²) in [5.74, 6) is 0.0235. The van der Waals surface area contributed by atoms with Gasteiger partial charge in [-0.15, -0.1) is 0 Å². The van der Waals surface area contributed by atoms with Crippen LogP contribution in [0, 0.1) is 6.92 Å². The molecule has 1 atom stereocenters. The monoisotopic (exact) mass is 224 g/mol. The van der Waals surface area contributed by atoms with Crippen molar-refractivity contribution < 1.29 is 4.79 Å². The number of anilines is 2. The molecule has 0 aliphatic heterocycles. The number of rotatable bonds is 3. The summed E-state index contributed by atoms with van der Waals surface area (Å²) in [5.41, 5.74) is 8.15. The van der Waals surface area contributed by atoms with Crippen molar-refractivity contribution in [3.05, 3.63) is 23.8 Å². The first-order chi connectivity index (χ1) is 7.04. The molecule has 0 bridgehead atoms. The van der Waals surface area contributed by atoms with E-state index in [0.717, 1.165) is 11.3 Å². The molecule has 3 N–H and O–H groups in total. The third kappa shape index (κ3) is 3.16. The number of carbonyl (C=O) groups is 1. The van der Waals surface area contributed by atoms with E-state index in [2.05, 4.69) is 5.32 Å². The fourth-order valence-corrected chi connectivity index (χ4v) is 1.44. The van der Waals surface area contributed by atoms with Crippen LogP contribution in [-0.2, 0) is 4.79 Å². The van der Waals surface area contributed by atoms with Gasteiger partial charge in [0.2, 0.25) is 5.91 Å². The van der Waals surface area contributed by atoms with E-state index in [-0.39, 0.29) is 11.2 Å². The van der Waals surface area contributed by atoms with Crippen LogP contribution < -0.4 is 11.1 Å². The minimum absolute atomic E-state index is 0.0235. The molecule has 1 aromatic rings. The van der Waals surface area contributed by atoms with Gasteiger partial charge in [-0.2, -0.15) is 11.8 Å². The van der Waals surface area contributed by atoms with Gasteiger partial charge in [0.15, 0.2) is 0 Å². The van der Waals surface area contributed by atoms with Crippen LogP contribution in [0.2, 0.25) is 0 Å². The van der Waals surface area contributed by atoms with Crippen molar-refractivity contribution in [1.29, 1.82) is 0 Å². The highest BCUT2D eigenvalue weighted by molar-refractivity contribution is 7.99. The highest BCUT2D eigenvalue weighted by Gasteiger charge is 2.11. The van der Waals surface area contributed by atoms with Gasteiger partial charge in [-0.3, -0.25) is 4.79 Å². The molecule has 1 amide bonds. The lowest BCUT2D eigenvalue weighted by Gasteiger charge is -2.12. The molecule has 0 radical (unpaired) electrons. The van der Waals surface area contributed by atoms with Crippen LogP contribution in [0.1, 0.15) is 12.5 Å². The Morgan fingerprint density at radius 2 is 2.20 bits per heavy atom. The van der Waals surface area contributed by atoms with E-state index in [9.17, 15) is 4.79 Å². The van der Waals surface area contributed by atoms with E-state index < -0.39 is 0 Å². The van der Waals surface area contributed by atoms with Crippen LogP contribution in [0.5, 0.6) is 0 Å². The van der Waals surface area contributed by atoms with E-state index in [1.807, 2.05) is 32.2 Å². The Morgan fingerprint density at radius 3 is 2.73 bits per heavy atom. The Balaban J connectivity index is 2.77. The van der Waals surface area contributed by atoms with Crippen molar-refractivity contribution in [3.8, 4) is 0 Å². The number of nitrogens with two attached hydrogens (primary N) is 1. The van der Waals surface area contributed by atoms with Crippen LogP contribution in [0.3, 0.4) is 0 Å². The fourth-order valence-electron chi connectivity index (χ4n) is 1.17. The Bertz CT molecular complexity index is 366. The Hall–Kier alpha value is -1.16. The number of benzene rings is 1. The minimum Gasteiger partial charge on any atom is -0.399 e. The molecule has 3 nitrogen and oxygen atoms in total. The summed E-state index contributed by atoms with van der Waals surface area (Å²) in [6.45, 7) is 3.81. The smallest absolute Gasteiger partial charge is 0.237 e. The average molecular weight is 224 g/mol. The predicted molar refractivity (Wildman–Crippen MR) is 67.2 cm³/mol. The zero-order chi connectivity index (χ0) is 11.4. The largest absolute Gasteiger partial charge is 0.399 e. The molecule has 1 aromatic carbocycles. The van der Waals surface area contributed by atoms with Gasteiger partial charge in [0.1, 0.15) is 0 Å². The Kier molecular flexibility index (Phi) is 4.03. The molecule has 1 rings (SSSR count). The lowest BCUT2D eigenvalue weighted by atomic mass is 10.2. The van der Waals surface area contributed by atoms with Gasteiger partial charge in [0, 0.05) is 11.4 Å². The quantitative estimate of drug-likeness (QED) is 0.774. The van der Waals surface area contributed by atoms with Gasteiger partial charge in [-0.1, -0.05) is 0 Å². The van der Waals surface area contributed by atoms with Crippen LogP contribution in [0.15, 0.2) is 18.2 Å². The molecule has 0 saturated heterocycles. The van der Waals surface area contributed by atoms with E-state index in [4.69, 9.17) is 5.73 Å². The van der Waals surface area contributed by atoms with E-state index in [1.165, 1.54) is 11.8 Å². The summed E-state index contributed by atoms with van der Waals surface area (Å²) in [7, 11) is 0. The minimum atomic E-state index is -0.0399. The van der Waals surface area contributed by atoms with Crippen molar-refractivity contribution >= 4 is 29.0 Å². The van der Waals surface area contributed by atoms with Gasteiger partial charge in [-0.25, -0.2) is 0 Å². The SMILES string of the molecule is CSC(C)C(=O)Nc1ccc(N)cc1C. The third-order valence-electron chi connectivity index (χ3n) is 2.23. The average Bonchev–Trinajstić information content (AvgIpc) is 2.20. The zero-order valence-electron chi connectivity index (χ0n) is 9.20. The molecule has 1 unspecified atom stereocenters. The topological polar surface area (TPSA) is 55.1 Å². The Morgan fingerprint density at radius 1 is 1.53 bits per heavy atom. The van der Waals surface area contributed by atoms with Crippen LogP contribution in [0.4, 0.5) is 11.4 Å². The molecule has 15 heavy (non-hydrogen) atoms. The first-order valence-electron chi connectivity index (χ1n) is 4.74. The predicted octanol–water partition coefficient (Wildman–Crippen LogP) is 2.27. The summed E-state index contributed by atoms with van der Waals surface area (Å²) in [6, 6.07) is 5.46. The van der Waals surface area contributed by atoms with Gasteiger partial charge < -0.3 is 11.1 Å². The molecule has 82 valence electrons. The maximum atomic E-state index is 11.6. The summed E-state index contributed by atoms with van der Waals surface area (Å²) in [6.07, 6.45) is 1.92. The summed E-state index contributed by atoms with van der Waals surface area (Å²) < 4.78 is 0. The molecule has 0 aliphatic rings. The van der Waals surface area contributed by atoms with Gasteiger partial charge >= 0.3 is 0 Å². The normalized spacial score (nSPS) is 12.2. The number of carbonyl (C=O) groups excluding carboxylic acids is 1. The van der Waals surface area contributed by atoms with Gasteiger partial charge in [0.25, 0.3) is 0 Å². The highest BCUT2D eigenvalue weighted by Crippen LogP contribution is 2.18. The Labute approximate surface area is 94.4 Å². The highest BCUT2D eigenvalue weighted by atomic mass is 32.2. The standard InChI is InChI=1S/C11H16N2OS/c1-7-6-9(12)4-5-10(7)13-11(14)8(2)15-3/h4-6,8H,12H2,1-3H3,(H,13,14). The second-order valence-electron chi connectivity index (χ2n) is 3.44. The molecular weight excluding hydrogens is 208 g/mol. The lowest BCUT2D eigenvalue weighted by Crippen LogP contribution is -2.22. The van der Waals surface area contributed by atoms with Crippen molar-refractivity contribution in [2.45, 2.75) is 19.1 Å². The van der Waals surface area contributed by atoms with Crippen LogP contribution >= 0.6 is 11.8 Å². The molecule has 4 heteroatoms. The second kappa shape index (κ2) is 5.07. The molecule has 0 heterocycles. The molecule has 0 fully saturated rings. The molecule has 0 saturated carbocycles. The van der Waals surface area contributed by atoms with Crippen molar-refractivity contribution in [1.82, 2.24) is 0 Å². The van der Waals surface area contributed by atoms with Gasteiger partial charge in [-0.05, 0) is 43.9 Å². The maximum Gasteiger partial charge on any atom is 0.237 e. The van der Waals surface area contributed by atoms with Crippen molar-refractivity contribution in [2.75, 3.05) is 17.3 Å². The number of hydrogen-bond acceptors (Lipinski definition) is 3. The number of hydrogen-bond donors (Lipinski definition) is 2. The summed E-state index contributed by atoms with van der Waals surface area (Å²) in [4.78, 5) is 11.6. The molecule has 0 aromatic heterocycles. The van der Waals surface area contributed by atoms with Crippen molar-refractivity contribution in [3.63, 3.8) is 0 Å². The summed E-state index contributed by atoms with van der Waals surface area (Å²) in [5, 5.41) is 2.83. The number of aryl methyl sites for hydroxylation is 1. The van der Waals surface area contributed by atoms with E-state index in [1.54, 1.807) is 6.07 Å². The summed E-state index contributed by atoms with van der Waals surface area (Å²) >= 11 is 1.52. The third-order valence-corrected chi connectivity index (χ3v) is 3.15. The van der Waals surface area contributed by atoms with Crippen LogP contribution in [-0.4, -0.2) is 17.4 Å². The first kappa shape index (κ1) is 11.9.